The van der Waals surface area contributed by atoms with Crippen LogP contribution in [0.3, 0.4) is 0 Å². The lowest BCUT2D eigenvalue weighted by Gasteiger charge is -2.47. The molecular weight excluding hydrogens is 385 g/mol. The lowest BCUT2D eigenvalue weighted by atomic mass is 9.91. The second kappa shape index (κ2) is 7.79. The van der Waals surface area contributed by atoms with Crippen LogP contribution < -0.4 is 10.2 Å². The molecule has 1 atom stereocenters. The van der Waals surface area contributed by atoms with Crippen molar-refractivity contribution in [1.29, 1.82) is 0 Å². The van der Waals surface area contributed by atoms with Crippen LogP contribution in [-0.4, -0.2) is 55.5 Å². The number of nitrogens with zero attached hydrogens (tertiary/aromatic N) is 2. The van der Waals surface area contributed by atoms with Gasteiger partial charge in [-0.1, -0.05) is 19.3 Å². The van der Waals surface area contributed by atoms with Crippen LogP contribution in [0.5, 0.6) is 0 Å². The van der Waals surface area contributed by atoms with Crippen LogP contribution in [0.2, 0.25) is 0 Å². The van der Waals surface area contributed by atoms with E-state index >= 15 is 0 Å². The van der Waals surface area contributed by atoms with E-state index in [1.54, 1.807) is 6.92 Å². The van der Waals surface area contributed by atoms with E-state index < -0.39 is 33.2 Å². The summed E-state index contributed by atoms with van der Waals surface area (Å²) < 4.78 is 38.6. The number of halogens is 1. The minimum atomic E-state index is -3.66. The average Bonchev–Trinajstić information content (AvgIpc) is 2.63. The molecule has 0 spiro atoms. The molecule has 0 unspecified atom stereocenters. The summed E-state index contributed by atoms with van der Waals surface area (Å²) in [5.74, 6) is -1.38. The molecule has 28 heavy (non-hydrogen) atoms. The fourth-order valence-electron chi connectivity index (χ4n) is 3.98. The van der Waals surface area contributed by atoms with Crippen molar-refractivity contribution in [1.82, 2.24) is 9.62 Å². The van der Waals surface area contributed by atoms with E-state index in [1.165, 1.54) is 29.2 Å². The number of nitrogens with one attached hydrogen (secondary N) is 1. The Balaban J connectivity index is 1.96. The molecular formula is C19H26FN3O4S. The molecule has 1 saturated heterocycles. The summed E-state index contributed by atoms with van der Waals surface area (Å²) in [6.07, 6.45) is 5.93. The lowest BCUT2D eigenvalue weighted by Crippen LogP contribution is -2.70. The third-order valence-electron chi connectivity index (χ3n) is 5.52. The molecule has 154 valence electrons. The fraction of sp³-hybridized carbons (Fsp3) is 0.579. The number of rotatable bonds is 4. The van der Waals surface area contributed by atoms with Crippen molar-refractivity contribution in [3.63, 3.8) is 0 Å². The predicted molar refractivity (Wildman–Crippen MR) is 104 cm³/mol. The zero-order valence-corrected chi connectivity index (χ0v) is 17.0. The van der Waals surface area contributed by atoms with E-state index in [1.807, 2.05) is 0 Å². The van der Waals surface area contributed by atoms with E-state index in [9.17, 15) is 22.4 Å². The molecule has 1 aliphatic carbocycles. The summed E-state index contributed by atoms with van der Waals surface area (Å²) >= 11 is 0. The largest absolute Gasteiger partial charge is 0.351 e. The normalized spacial score (nSPS) is 25.0. The Morgan fingerprint density at radius 1 is 1.18 bits per heavy atom. The summed E-state index contributed by atoms with van der Waals surface area (Å²) in [6, 6.07) is 5.29. The summed E-state index contributed by atoms with van der Waals surface area (Å²) in [5, 5.41) is 3.00. The molecule has 1 heterocycles. The average molecular weight is 411 g/mol. The van der Waals surface area contributed by atoms with E-state index in [2.05, 4.69) is 5.32 Å². The zero-order chi connectivity index (χ0) is 20.5. The van der Waals surface area contributed by atoms with Crippen LogP contribution in [0.1, 0.15) is 39.0 Å². The van der Waals surface area contributed by atoms with Crippen molar-refractivity contribution in [3.8, 4) is 0 Å². The Kier molecular flexibility index (Phi) is 5.77. The molecule has 0 bridgehead atoms. The van der Waals surface area contributed by atoms with Gasteiger partial charge in [-0.05, 0) is 44.0 Å². The van der Waals surface area contributed by atoms with Crippen LogP contribution in [0.25, 0.3) is 0 Å². The van der Waals surface area contributed by atoms with Gasteiger partial charge in [0.25, 0.3) is 0 Å². The SMILES string of the molecule is C[C@@]1(C(=O)NC2CCCCC2)CN(S(C)(=O)=O)CC(=O)N1c1ccc(F)cc1. The molecule has 3 rings (SSSR count). The standard InChI is InChI=1S/C19H26FN3O4S/c1-19(18(25)21-15-6-4-3-5-7-15)13-22(28(2,26)27)12-17(24)23(19)16-10-8-14(20)9-11-16/h8-11,15H,3-7,12-13H2,1-2H3,(H,21,25)/t19-/m0/s1. The third kappa shape index (κ3) is 4.20. The number of amides is 2. The summed E-state index contributed by atoms with van der Waals surface area (Å²) in [6.45, 7) is 1.04. The van der Waals surface area contributed by atoms with E-state index in [0.717, 1.165) is 42.7 Å². The van der Waals surface area contributed by atoms with Crippen LogP contribution in [0.4, 0.5) is 10.1 Å². The second-order valence-electron chi connectivity index (χ2n) is 7.82. The highest BCUT2D eigenvalue weighted by Gasteiger charge is 2.50. The van der Waals surface area contributed by atoms with Crippen LogP contribution in [0.15, 0.2) is 24.3 Å². The smallest absolute Gasteiger partial charge is 0.247 e. The minimum absolute atomic E-state index is 0.0110. The van der Waals surface area contributed by atoms with Gasteiger partial charge in [-0.3, -0.25) is 14.5 Å². The highest BCUT2D eigenvalue weighted by atomic mass is 32.2. The maximum Gasteiger partial charge on any atom is 0.247 e. The molecule has 1 aliphatic heterocycles. The maximum absolute atomic E-state index is 13.4. The molecule has 1 aromatic carbocycles. The summed E-state index contributed by atoms with van der Waals surface area (Å²) in [4.78, 5) is 27.4. The number of piperazine rings is 1. The van der Waals surface area contributed by atoms with Gasteiger partial charge in [-0.25, -0.2) is 12.8 Å². The predicted octanol–water partition coefficient (Wildman–Crippen LogP) is 1.64. The first-order valence-electron chi connectivity index (χ1n) is 9.46. The molecule has 0 radical (unpaired) electrons. The van der Waals surface area contributed by atoms with Crippen LogP contribution >= 0.6 is 0 Å². The Hall–Kier alpha value is -2.00. The van der Waals surface area contributed by atoms with Gasteiger partial charge in [0, 0.05) is 18.3 Å². The zero-order valence-electron chi connectivity index (χ0n) is 16.2. The molecule has 2 aliphatic rings. The van der Waals surface area contributed by atoms with E-state index in [0.29, 0.717) is 5.69 Å². The summed E-state index contributed by atoms with van der Waals surface area (Å²) in [5.41, 5.74) is -1.07. The highest BCUT2D eigenvalue weighted by Crippen LogP contribution is 2.31. The lowest BCUT2D eigenvalue weighted by molar-refractivity contribution is -0.133. The minimum Gasteiger partial charge on any atom is -0.351 e. The number of sulfonamides is 1. The van der Waals surface area contributed by atoms with Crippen molar-refractivity contribution < 1.29 is 22.4 Å². The van der Waals surface area contributed by atoms with Crippen LogP contribution in [0, 0.1) is 5.82 Å². The molecule has 9 heteroatoms. The summed E-state index contributed by atoms with van der Waals surface area (Å²) in [7, 11) is -3.66. The number of carbonyl (C=O) groups is 2. The molecule has 2 fully saturated rings. The first-order chi connectivity index (χ1) is 13.1. The molecule has 0 aromatic heterocycles. The van der Waals surface area contributed by atoms with Crippen molar-refractivity contribution in [3.05, 3.63) is 30.1 Å². The van der Waals surface area contributed by atoms with Gasteiger partial charge in [0.1, 0.15) is 11.4 Å². The molecule has 1 N–H and O–H groups in total. The highest BCUT2D eigenvalue weighted by molar-refractivity contribution is 7.88. The molecule has 1 saturated carbocycles. The number of hydrogen-bond donors (Lipinski definition) is 1. The Labute approximate surface area is 164 Å². The monoisotopic (exact) mass is 411 g/mol. The number of carbonyl (C=O) groups excluding carboxylic acids is 2. The Morgan fingerprint density at radius 2 is 1.79 bits per heavy atom. The Morgan fingerprint density at radius 3 is 2.36 bits per heavy atom. The number of benzene rings is 1. The molecule has 2 amide bonds. The van der Waals surface area contributed by atoms with Crippen molar-refractivity contribution >= 4 is 27.5 Å². The first-order valence-corrected chi connectivity index (χ1v) is 11.3. The van der Waals surface area contributed by atoms with E-state index in [4.69, 9.17) is 0 Å². The number of anilines is 1. The molecule has 1 aromatic rings. The van der Waals surface area contributed by atoms with Gasteiger partial charge in [-0.2, -0.15) is 4.31 Å². The molecule has 7 nitrogen and oxygen atoms in total. The van der Waals surface area contributed by atoms with Gasteiger partial charge in [0.15, 0.2) is 0 Å². The van der Waals surface area contributed by atoms with Gasteiger partial charge in [0.05, 0.1) is 12.8 Å². The van der Waals surface area contributed by atoms with Crippen molar-refractivity contribution in [2.24, 2.45) is 0 Å². The topological polar surface area (TPSA) is 86.8 Å². The second-order valence-corrected chi connectivity index (χ2v) is 9.80. The van der Waals surface area contributed by atoms with Gasteiger partial charge < -0.3 is 5.32 Å². The van der Waals surface area contributed by atoms with Gasteiger partial charge in [-0.15, -0.1) is 0 Å². The van der Waals surface area contributed by atoms with Crippen molar-refractivity contribution in [2.45, 2.75) is 50.6 Å². The van der Waals surface area contributed by atoms with Gasteiger partial charge >= 0.3 is 0 Å². The number of hydrogen-bond acceptors (Lipinski definition) is 4. The van der Waals surface area contributed by atoms with E-state index in [-0.39, 0.29) is 19.1 Å². The fourth-order valence-corrected chi connectivity index (χ4v) is 4.81. The van der Waals surface area contributed by atoms with Gasteiger partial charge in [0.2, 0.25) is 21.8 Å². The quantitative estimate of drug-likeness (QED) is 0.816. The van der Waals surface area contributed by atoms with Crippen molar-refractivity contribution in [2.75, 3.05) is 24.2 Å². The first kappa shape index (κ1) is 20.7. The maximum atomic E-state index is 13.4. The Bertz CT molecular complexity index is 852. The van der Waals surface area contributed by atoms with Crippen LogP contribution in [-0.2, 0) is 19.6 Å². The third-order valence-corrected chi connectivity index (χ3v) is 6.72.